The fraction of sp³-hybridized carbons (Fsp3) is 0.381. The third kappa shape index (κ3) is 4.82. The molecule has 1 aliphatic heterocycles. The molecule has 0 atom stereocenters. The Hall–Kier alpha value is -2.45. The highest BCUT2D eigenvalue weighted by Crippen LogP contribution is 2.32. The van der Waals surface area contributed by atoms with Crippen molar-refractivity contribution in [2.45, 2.75) is 24.2 Å². The Balaban J connectivity index is 1.99. The van der Waals surface area contributed by atoms with Crippen molar-refractivity contribution in [1.29, 1.82) is 0 Å². The third-order valence-corrected chi connectivity index (χ3v) is 7.07. The maximum atomic E-state index is 13.5. The number of amides is 1. The molecule has 162 valence electrons. The molecular weight excluding hydrogens is 428 g/mol. The van der Waals surface area contributed by atoms with Crippen LogP contribution >= 0.6 is 11.6 Å². The molecule has 0 spiro atoms. The Morgan fingerprint density at radius 3 is 2.23 bits per heavy atom. The number of anilines is 1. The Morgan fingerprint density at radius 1 is 1.00 bits per heavy atom. The second-order valence-electron chi connectivity index (χ2n) is 6.95. The SMILES string of the molecule is COc1ccc(S(=O)(=O)N(CC(=O)N2CCCCC2)c2ccc(Cl)cc2)cc1OC. The summed E-state index contributed by atoms with van der Waals surface area (Å²) in [6.07, 6.45) is 2.93. The van der Waals surface area contributed by atoms with Crippen LogP contribution < -0.4 is 13.8 Å². The van der Waals surface area contributed by atoms with Crippen LogP contribution in [0, 0.1) is 0 Å². The maximum Gasteiger partial charge on any atom is 0.264 e. The summed E-state index contributed by atoms with van der Waals surface area (Å²) in [6, 6.07) is 10.7. The summed E-state index contributed by atoms with van der Waals surface area (Å²) in [5.74, 6) is 0.476. The molecular formula is C21H25ClN2O5S. The molecule has 2 aromatic carbocycles. The minimum Gasteiger partial charge on any atom is -0.493 e. The monoisotopic (exact) mass is 452 g/mol. The van der Waals surface area contributed by atoms with Gasteiger partial charge in [-0.3, -0.25) is 9.10 Å². The van der Waals surface area contributed by atoms with Crippen molar-refractivity contribution >= 4 is 33.2 Å². The van der Waals surface area contributed by atoms with Gasteiger partial charge in [-0.2, -0.15) is 0 Å². The zero-order valence-corrected chi connectivity index (χ0v) is 18.6. The molecule has 0 radical (unpaired) electrons. The van der Waals surface area contributed by atoms with E-state index in [1.807, 2.05) is 0 Å². The normalized spacial score (nSPS) is 14.3. The molecule has 0 unspecified atom stereocenters. The molecule has 1 heterocycles. The van der Waals surface area contributed by atoms with Crippen LogP contribution in [0.2, 0.25) is 5.02 Å². The average molecular weight is 453 g/mol. The van der Waals surface area contributed by atoms with Crippen LogP contribution in [0.3, 0.4) is 0 Å². The van der Waals surface area contributed by atoms with Crippen LogP contribution in [0.4, 0.5) is 5.69 Å². The number of carbonyl (C=O) groups excluding carboxylic acids is 1. The van der Waals surface area contributed by atoms with E-state index in [1.54, 1.807) is 29.2 Å². The molecule has 2 aromatic rings. The van der Waals surface area contributed by atoms with Gasteiger partial charge in [0, 0.05) is 24.2 Å². The lowest BCUT2D eigenvalue weighted by Crippen LogP contribution is -2.44. The fourth-order valence-electron chi connectivity index (χ4n) is 3.39. The maximum absolute atomic E-state index is 13.5. The number of hydrogen-bond acceptors (Lipinski definition) is 5. The van der Waals surface area contributed by atoms with Crippen molar-refractivity contribution in [1.82, 2.24) is 4.90 Å². The Morgan fingerprint density at radius 2 is 1.63 bits per heavy atom. The van der Waals surface area contributed by atoms with Crippen LogP contribution in [-0.4, -0.2) is 53.1 Å². The highest BCUT2D eigenvalue weighted by Gasteiger charge is 2.30. The van der Waals surface area contributed by atoms with E-state index in [0.29, 0.717) is 29.5 Å². The van der Waals surface area contributed by atoms with Gasteiger partial charge in [-0.25, -0.2) is 8.42 Å². The number of hydrogen-bond donors (Lipinski definition) is 0. The molecule has 0 bridgehead atoms. The molecule has 1 amide bonds. The largest absolute Gasteiger partial charge is 0.493 e. The van der Waals surface area contributed by atoms with Crippen LogP contribution in [0.25, 0.3) is 0 Å². The Bertz CT molecular complexity index is 989. The molecule has 0 saturated carbocycles. The van der Waals surface area contributed by atoms with Crippen molar-refractivity contribution in [3.05, 3.63) is 47.5 Å². The summed E-state index contributed by atoms with van der Waals surface area (Å²) in [4.78, 5) is 14.6. The number of likely N-dealkylation sites (tertiary alicyclic amines) is 1. The number of halogens is 1. The predicted molar refractivity (Wildman–Crippen MR) is 116 cm³/mol. The van der Waals surface area contributed by atoms with E-state index < -0.39 is 10.0 Å². The molecule has 0 aromatic heterocycles. The zero-order valence-electron chi connectivity index (χ0n) is 17.0. The molecule has 0 aliphatic carbocycles. The van der Waals surface area contributed by atoms with Crippen molar-refractivity contribution < 1.29 is 22.7 Å². The summed E-state index contributed by atoms with van der Waals surface area (Å²) in [7, 11) is -1.14. The number of rotatable bonds is 7. The summed E-state index contributed by atoms with van der Waals surface area (Å²) in [5.41, 5.74) is 0.361. The van der Waals surface area contributed by atoms with E-state index in [-0.39, 0.29) is 23.1 Å². The topological polar surface area (TPSA) is 76.2 Å². The van der Waals surface area contributed by atoms with Crippen LogP contribution in [-0.2, 0) is 14.8 Å². The van der Waals surface area contributed by atoms with Gasteiger partial charge in [0.1, 0.15) is 6.54 Å². The van der Waals surface area contributed by atoms with Gasteiger partial charge in [0.2, 0.25) is 5.91 Å². The second-order valence-corrected chi connectivity index (χ2v) is 9.25. The minimum atomic E-state index is -4.05. The lowest BCUT2D eigenvalue weighted by Gasteiger charge is -2.30. The van der Waals surface area contributed by atoms with E-state index in [2.05, 4.69) is 0 Å². The van der Waals surface area contributed by atoms with E-state index in [0.717, 1.165) is 23.6 Å². The number of ether oxygens (including phenoxy) is 2. The number of methoxy groups -OCH3 is 2. The number of nitrogens with zero attached hydrogens (tertiary/aromatic N) is 2. The first kappa shape index (κ1) is 22.2. The molecule has 1 aliphatic rings. The van der Waals surface area contributed by atoms with Crippen LogP contribution in [0.1, 0.15) is 19.3 Å². The van der Waals surface area contributed by atoms with E-state index in [1.165, 1.54) is 32.4 Å². The van der Waals surface area contributed by atoms with E-state index in [9.17, 15) is 13.2 Å². The number of benzene rings is 2. The Kier molecular flexibility index (Phi) is 7.10. The highest BCUT2D eigenvalue weighted by atomic mass is 35.5. The predicted octanol–water partition coefficient (Wildman–Crippen LogP) is 3.57. The lowest BCUT2D eigenvalue weighted by atomic mass is 10.1. The smallest absolute Gasteiger partial charge is 0.264 e. The summed E-state index contributed by atoms with van der Waals surface area (Å²) < 4.78 is 38.6. The van der Waals surface area contributed by atoms with Crippen LogP contribution in [0.5, 0.6) is 11.5 Å². The molecule has 7 nitrogen and oxygen atoms in total. The van der Waals surface area contributed by atoms with Gasteiger partial charge in [-0.05, 0) is 55.7 Å². The summed E-state index contributed by atoms with van der Waals surface area (Å²) in [6.45, 7) is 0.992. The van der Waals surface area contributed by atoms with Gasteiger partial charge in [-0.1, -0.05) is 11.6 Å². The third-order valence-electron chi connectivity index (χ3n) is 5.05. The first-order chi connectivity index (χ1) is 14.4. The number of carbonyl (C=O) groups is 1. The van der Waals surface area contributed by atoms with Gasteiger partial charge in [0.05, 0.1) is 24.8 Å². The van der Waals surface area contributed by atoms with Gasteiger partial charge in [-0.15, -0.1) is 0 Å². The van der Waals surface area contributed by atoms with Gasteiger partial charge < -0.3 is 14.4 Å². The molecule has 3 rings (SSSR count). The van der Waals surface area contributed by atoms with Crippen molar-refractivity contribution in [3.63, 3.8) is 0 Å². The fourth-order valence-corrected chi connectivity index (χ4v) is 4.95. The van der Waals surface area contributed by atoms with E-state index >= 15 is 0 Å². The highest BCUT2D eigenvalue weighted by molar-refractivity contribution is 7.92. The summed E-state index contributed by atoms with van der Waals surface area (Å²) in [5, 5.41) is 0.476. The molecule has 0 N–H and O–H groups in total. The van der Waals surface area contributed by atoms with Gasteiger partial charge in [0.15, 0.2) is 11.5 Å². The number of sulfonamides is 1. The van der Waals surface area contributed by atoms with Gasteiger partial charge in [0.25, 0.3) is 10.0 Å². The van der Waals surface area contributed by atoms with Gasteiger partial charge >= 0.3 is 0 Å². The van der Waals surface area contributed by atoms with Crippen molar-refractivity contribution in [2.75, 3.05) is 38.2 Å². The molecule has 1 fully saturated rings. The van der Waals surface area contributed by atoms with Crippen molar-refractivity contribution in [2.24, 2.45) is 0 Å². The first-order valence-corrected chi connectivity index (χ1v) is 11.5. The second kappa shape index (κ2) is 9.57. The lowest BCUT2D eigenvalue weighted by molar-refractivity contribution is -0.130. The first-order valence-electron chi connectivity index (χ1n) is 9.65. The van der Waals surface area contributed by atoms with E-state index in [4.69, 9.17) is 21.1 Å². The standard InChI is InChI=1S/C21H25ClN2O5S/c1-28-19-11-10-18(14-20(19)29-2)30(26,27)24(17-8-6-16(22)7-9-17)15-21(25)23-12-4-3-5-13-23/h6-11,14H,3-5,12-13,15H2,1-2H3. The minimum absolute atomic E-state index is 0.00143. The molecule has 1 saturated heterocycles. The number of piperidine rings is 1. The Labute approximate surface area is 182 Å². The quantitative estimate of drug-likeness (QED) is 0.642. The molecule has 9 heteroatoms. The molecule has 30 heavy (non-hydrogen) atoms. The van der Waals surface area contributed by atoms with Crippen molar-refractivity contribution in [3.8, 4) is 11.5 Å². The summed E-state index contributed by atoms with van der Waals surface area (Å²) >= 11 is 5.97. The van der Waals surface area contributed by atoms with Crippen LogP contribution in [0.15, 0.2) is 47.4 Å². The average Bonchev–Trinajstić information content (AvgIpc) is 2.78. The zero-order chi connectivity index (χ0) is 21.7.